The standard InChI is InChI=1S/C18H16N4O2/c1-10(23)20-13-4-5-14-15(18(24)21-17(14)8-13)6-11-2-3-12-9-19-22-16(12)7-11/h2-4,6-9,14H,5H2,1H3,(H,19,22)(H,20,23)(H,21,24)/b15-6+. The van der Waals surface area contributed by atoms with E-state index in [-0.39, 0.29) is 17.7 Å². The van der Waals surface area contributed by atoms with Crippen molar-refractivity contribution in [3.8, 4) is 0 Å². The molecule has 6 heteroatoms. The summed E-state index contributed by atoms with van der Waals surface area (Å²) in [4.78, 5) is 23.5. The lowest BCUT2D eigenvalue weighted by atomic mass is 9.90. The van der Waals surface area contributed by atoms with Crippen molar-refractivity contribution in [1.82, 2.24) is 20.8 Å². The number of aromatic amines is 1. The fraction of sp³-hybridized carbons (Fsp3) is 0.167. The molecule has 1 aliphatic carbocycles. The van der Waals surface area contributed by atoms with Gasteiger partial charge in [0.1, 0.15) is 0 Å². The van der Waals surface area contributed by atoms with Gasteiger partial charge in [-0.15, -0.1) is 0 Å². The lowest BCUT2D eigenvalue weighted by Gasteiger charge is -2.16. The van der Waals surface area contributed by atoms with E-state index in [0.717, 1.165) is 33.4 Å². The number of rotatable bonds is 2. The van der Waals surface area contributed by atoms with E-state index in [1.54, 1.807) is 6.20 Å². The average Bonchev–Trinajstić information content (AvgIpc) is 3.11. The second-order valence-electron chi connectivity index (χ2n) is 6.00. The lowest BCUT2D eigenvalue weighted by molar-refractivity contribution is -0.118. The second-order valence-corrected chi connectivity index (χ2v) is 6.00. The molecule has 120 valence electrons. The zero-order valence-corrected chi connectivity index (χ0v) is 13.1. The summed E-state index contributed by atoms with van der Waals surface area (Å²) in [5, 5.41) is 13.6. The van der Waals surface area contributed by atoms with Gasteiger partial charge < -0.3 is 10.6 Å². The molecular formula is C18H16N4O2. The Morgan fingerprint density at radius 3 is 3.12 bits per heavy atom. The summed E-state index contributed by atoms with van der Waals surface area (Å²) in [5.41, 5.74) is 4.19. The molecule has 0 saturated carbocycles. The quantitative estimate of drug-likeness (QED) is 0.740. The van der Waals surface area contributed by atoms with Crippen molar-refractivity contribution in [2.45, 2.75) is 13.3 Å². The molecule has 3 N–H and O–H groups in total. The molecule has 1 fully saturated rings. The summed E-state index contributed by atoms with van der Waals surface area (Å²) in [7, 11) is 0. The fourth-order valence-electron chi connectivity index (χ4n) is 3.16. The largest absolute Gasteiger partial charge is 0.327 e. The molecule has 1 saturated heterocycles. The third-order valence-corrected chi connectivity index (χ3v) is 4.26. The van der Waals surface area contributed by atoms with Crippen molar-refractivity contribution in [1.29, 1.82) is 0 Å². The zero-order chi connectivity index (χ0) is 16.7. The van der Waals surface area contributed by atoms with Crippen LogP contribution in [0.5, 0.6) is 0 Å². The van der Waals surface area contributed by atoms with Crippen LogP contribution in [0.3, 0.4) is 0 Å². The van der Waals surface area contributed by atoms with Crippen LogP contribution in [0.4, 0.5) is 0 Å². The Labute approximate surface area is 138 Å². The lowest BCUT2D eigenvalue weighted by Crippen LogP contribution is -2.22. The van der Waals surface area contributed by atoms with Gasteiger partial charge in [0.25, 0.3) is 5.91 Å². The summed E-state index contributed by atoms with van der Waals surface area (Å²) < 4.78 is 0. The Bertz CT molecular complexity index is 949. The molecule has 2 aliphatic rings. The van der Waals surface area contributed by atoms with Gasteiger partial charge >= 0.3 is 0 Å². The number of aromatic nitrogens is 2. The summed E-state index contributed by atoms with van der Waals surface area (Å²) in [5.74, 6) is -0.203. The molecule has 1 unspecified atom stereocenters. The first kappa shape index (κ1) is 14.4. The number of carbonyl (C=O) groups is 2. The molecule has 0 bridgehead atoms. The number of hydrogen-bond acceptors (Lipinski definition) is 3. The number of hydrogen-bond donors (Lipinski definition) is 3. The van der Waals surface area contributed by atoms with E-state index in [1.165, 1.54) is 6.92 Å². The molecule has 4 rings (SSSR count). The Morgan fingerprint density at radius 2 is 2.29 bits per heavy atom. The number of fused-ring (bicyclic) bond motifs is 2. The molecule has 24 heavy (non-hydrogen) atoms. The minimum absolute atomic E-state index is 0.00692. The maximum atomic E-state index is 12.3. The predicted octanol–water partition coefficient (Wildman–Crippen LogP) is 2.00. The number of H-pyrrole nitrogens is 1. The summed E-state index contributed by atoms with van der Waals surface area (Å²) >= 11 is 0. The Balaban J connectivity index is 1.65. The normalized spacial score (nSPS) is 21.3. The molecule has 1 aromatic heterocycles. The Kier molecular flexibility index (Phi) is 3.30. The number of benzene rings is 1. The summed E-state index contributed by atoms with van der Waals surface area (Å²) in [6.07, 6.45) is 8.13. The van der Waals surface area contributed by atoms with E-state index in [0.29, 0.717) is 6.42 Å². The molecule has 6 nitrogen and oxygen atoms in total. The van der Waals surface area contributed by atoms with Crippen LogP contribution in [0.2, 0.25) is 0 Å². The van der Waals surface area contributed by atoms with Crippen LogP contribution in [0.25, 0.3) is 17.0 Å². The Hall–Kier alpha value is -3.15. The number of carbonyl (C=O) groups excluding carboxylic acids is 2. The van der Waals surface area contributed by atoms with Gasteiger partial charge in [-0.25, -0.2) is 0 Å². The predicted molar refractivity (Wildman–Crippen MR) is 90.3 cm³/mol. The third kappa shape index (κ3) is 2.52. The van der Waals surface area contributed by atoms with E-state index in [1.807, 2.05) is 36.4 Å². The van der Waals surface area contributed by atoms with Crippen molar-refractivity contribution in [2.24, 2.45) is 5.92 Å². The van der Waals surface area contributed by atoms with E-state index in [9.17, 15) is 9.59 Å². The second kappa shape index (κ2) is 5.49. The number of nitrogens with one attached hydrogen (secondary N) is 3. The summed E-state index contributed by atoms with van der Waals surface area (Å²) in [6, 6.07) is 5.93. The smallest absolute Gasteiger partial charge is 0.252 e. The molecule has 2 heterocycles. The van der Waals surface area contributed by atoms with Crippen molar-refractivity contribution < 1.29 is 9.59 Å². The van der Waals surface area contributed by atoms with E-state index in [2.05, 4.69) is 20.8 Å². The average molecular weight is 320 g/mol. The van der Waals surface area contributed by atoms with Gasteiger partial charge in [-0.1, -0.05) is 18.2 Å². The fourth-order valence-corrected chi connectivity index (χ4v) is 3.16. The first-order valence-electron chi connectivity index (χ1n) is 7.75. The molecule has 2 aromatic rings. The van der Waals surface area contributed by atoms with Gasteiger partial charge in [-0.05, 0) is 30.2 Å². The van der Waals surface area contributed by atoms with Gasteiger partial charge in [0.05, 0.1) is 11.7 Å². The van der Waals surface area contributed by atoms with Crippen molar-refractivity contribution >= 4 is 28.8 Å². The van der Waals surface area contributed by atoms with Gasteiger partial charge in [0, 0.05) is 35.2 Å². The monoisotopic (exact) mass is 320 g/mol. The highest BCUT2D eigenvalue weighted by Crippen LogP contribution is 2.34. The molecule has 0 radical (unpaired) electrons. The first-order valence-corrected chi connectivity index (χ1v) is 7.75. The van der Waals surface area contributed by atoms with Crippen LogP contribution in [-0.4, -0.2) is 22.0 Å². The van der Waals surface area contributed by atoms with Crippen molar-refractivity contribution in [3.05, 3.63) is 59.1 Å². The van der Waals surface area contributed by atoms with Crippen LogP contribution in [-0.2, 0) is 9.59 Å². The first-order chi connectivity index (χ1) is 11.6. The highest BCUT2D eigenvalue weighted by atomic mass is 16.2. The van der Waals surface area contributed by atoms with Crippen LogP contribution < -0.4 is 10.6 Å². The maximum absolute atomic E-state index is 12.3. The van der Waals surface area contributed by atoms with E-state index >= 15 is 0 Å². The van der Waals surface area contributed by atoms with Gasteiger partial charge in [-0.2, -0.15) is 5.10 Å². The Morgan fingerprint density at radius 1 is 1.42 bits per heavy atom. The van der Waals surface area contributed by atoms with E-state index in [4.69, 9.17) is 0 Å². The van der Waals surface area contributed by atoms with Crippen LogP contribution in [0.1, 0.15) is 18.9 Å². The number of allylic oxidation sites excluding steroid dienone is 3. The van der Waals surface area contributed by atoms with Crippen LogP contribution in [0.15, 0.2) is 53.5 Å². The minimum Gasteiger partial charge on any atom is -0.327 e. The highest BCUT2D eigenvalue weighted by Gasteiger charge is 2.34. The van der Waals surface area contributed by atoms with Gasteiger partial charge in [-0.3, -0.25) is 14.7 Å². The molecule has 1 atom stereocenters. The SMILES string of the molecule is CC(=O)NC1=CCC2C(=C1)NC(=O)/C2=C/c1ccc2cn[nH]c2c1. The minimum atomic E-state index is -0.121. The van der Waals surface area contributed by atoms with Crippen LogP contribution in [0, 0.1) is 5.92 Å². The van der Waals surface area contributed by atoms with Crippen molar-refractivity contribution in [2.75, 3.05) is 0 Å². The number of amides is 2. The topological polar surface area (TPSA) is 86.9 Å². The molecule has 0 spiro atoms. The molecule has 1 aromatic carbocycles. The van der Waals surface area contributed by atoms with Gasteiger partial charge in [0.2, 0.25) is 5.91 Å². The maximum Gasteiger partial charge on any atom is 0.252 e. The third-order valence-electron chi connectivity index (χ3n) is 4.26. The summed E-state index contributed by atoms with van der Waals surface area (Å²) in [6.45, 7) is 1.47. The van der Waals surface area contributed by atoms with Gasteiger partial charge in [0.15, 0.2) is 0 Å². The van der Waals surface area contributed by atoms with Crippen LogP contribution >= 0.6 is 0 Å². The van der Waals surface area contributed by atoms with E-state index < -0.39 is 0 Å². The number of nitrogens with zero attached hydrogens (tertiary/aromatic N) is 1. The molecule has 1 aliphatic heterocycles. The van der Waals surface area contributed by atoms with Crippen molar-refractivity contribution in [3.63, 3.8) is 0 Å². The zero-order valence-electron chi connectivity index (χ0n) is 13.1. The molecule has 2 amide bonds. The highest BCUT2D eigenvalue weighted by molar-refractivity contribution is 6.03. The molecular weight excluding hydrogens is 304 g/mol.